The number of hydrogen-bond acceptors (Lipinski definition) is 5. The third kappa shape index (κ3) is 4.92. The van der Waals surface area contributed by atoms with E-state index in [1.54, 1.807) is 24.0 Å². The number of imidazole rings is 1. The smallest absolute Gasteiger partial charge is 0.493 e. The lowest BCUT2D eigenvalue weighted by atomic mass is 10.1. The molecule has 2 aromatic heterocycles. The topological polar surface area (TPSA) is 89.6 Å². The number of alkyl halides is 3. The third-order valence-corrected chi connectivity index (χ3v) is 5.72. The number of amides is 1. The van der Waals surface area contributed by atoms with Crippen LogP contribution in [0.15, 0.2) is 47.4 Å². The highest BCUT2D eigenvalue weighted by Gasteiger charge is 2.31. The normalized spacial score (nSPS) is 14.3. The van der Waals surface area contributed by atoms with Gasteiger partial charge >= 0.3 is 12.1 Å². The largest absolute Gasteiger partial charge is 0.573 e. The van der Waals surface area contributed by atoms with Crippen molar-refractivity contribution in [3.05, 3.63) is 70.0 Å². The lowest BCUT2D eigenvalue weighted by Gasteiger charge is -2.26. The van der Waals surface area contributed by atoms with Gasteiger partial charge in [0.15, 0.2) is 0 Å². The molecule has 1 saturated heterocycles. The Kier molecular flexibility index (Phi) is 6.36. The van der Waals surface area contributed by atoms with Crippen LogP contribution in [0.2, 0.25) is 0 Å². The predicted octanol–water partition coefficient (Wildman–Crippen LogP) is 3.62. The summed E-state index contributed by atoms with van der Waals surface area (Å²) in [6, 6.07) is 7.91. The predicted molar refractivity (Wildman–Crippen MR) is 116 cm³/mol. The van der Waals surface area contributed by atoms with Gasteiger partial charge in [-0.1, -0.05) is 0 Å². The van der Waals surface area contributed by atoms with E-state index >= 15 is 0 Å². The summed E-state index contributed by atoms with van der Waals surface area (Å²) in [4.78, 5) is 31.8. The number of aromatic nitrogens is 3. The van der Waals surface area contributed by atoms with Crippen molar-refractivity contribution in [2.75, 3.05) is 13.1 Å². The van der Waals surface area contributed by atoms with Crippen molar-refractivity contribution in [1.29, 1.82) is 0 Å². The van der Waals surface area contributed by atoms with Gasteiger partial charge in [-0.3, -0.25) is 14.3 Å². The molecule has 1 amide bonds. The maximum absolute atomic E-state index is 13.1. The van der Waals surface area contributed by atoms with Gasteiger partial charge in [-0.2, -0.15) is 0 Å². The summed E-state index contributed by atoms with van der Waals surface area (Å²) < 4.78 is 43.3. The Balaban J connectivity index is 1.59. The van der Waals surface area contributed by atoms with Crippen LogP contribution in [-0.4, -0.2) is 49.5 Å². The number of halogens is 3. The Morgan fingerprint density at radius 3 is 2.44 bits per heavy atom. The molecule has 1 fully saturated rings. The van der Waals surface area contributed by atoms with Crippen LogP contribution in [0.1, 0.15) is 41.0 Å². The standard InChI is InChI=1S/C23H23F3N4O4/c1-15-20(31)30(17-5-7-18(8-6-17)34-23(24,25)26)22(33)29(15)14-16-9-10-27-19(13-16)21(32)28-11-3-2-4-12-28/h5-10,13,31H,2-4,11-12,14H2,1H3. The van der Waals surface area contributed by atoms with Crippen LogP contribution in [-0.2, 0) is 6.54 Å². The van der Waals surface area contributed by atoms with Crippen molar-refractivity contribution in [2.45, 2.75) is 39.1 Å². The lowest BCUT2D eigenvalue weighted by Crippen LogP contribution is -2.36. The molecule has 3 heterocycles. The molecular formula is C23H23F3N4O4. The second-order valence-corrected chi connectivity index (χ2v) is 8.06. The van der Waals surface area contributed by atoms with E-state index in [0.717, 1.165) is 36.0 Å². The minimum atomic E-state index is -4.83. The van der Waals surface area contributed by atoms with Crippen LogP contribution >= 0.6 is 0 Å². The van der Waals surface area contributed by atoms with Gasteiger partial charge in [0.1, 0.15) is 11.4 Å². The summed E-state index contributed by atoms with van der Waals surface area (Å²) in [5.41, 5.74) is 0.789. The minimum absolute atomic E-state index is 0.0727. The molecule has 0 radical (unpaired) electrons. The second kappa shape index (κ2) is 9.24. The zero-order valence-electron chi connectivity index (χ0n) is 18.4. The van der Waals surface area contributed by atoms with E-state index in [2.05, 4.69) is 9.72 Å². The summed E-state index contributed by atoms with van der Waals surface area (Å²) in [6.45, 7) is 3.00. The Hall–Kier alpha value is -3.76. The number of ether oxygens (including phenoxy) is 1. The van der Waals surface area contributed by atoms with Crippen molar-refractivity contribution < 1.29 is 27.8 Å². The number of pyridine rings is 1. The first kappa shape index (κ1) is 23.4. The maximum Gasteiger partial charge on any atom is 0.573 e. The first-order chi connectivity index (χ1) is 16.1. The summed E-state index contributed by atoms with van der Waals surface area (Å²) in [7, 11) is 0. The van der Waals surface area contributed by atoms with Gasteiger partial charge in [-0.05, 0) is 68.1 Å². The molecule has 0 bridgehead atoms. The highest BCUT2D eigenvalue weighted by Crippen LogP contribution is 2.26. The molecule has 1 aromatic carbocycles. The van der Waals surface area contributed by atoms with Crippen molar-refractivity contribution in [3.8, 4) is 17.3 Å². The monoisotopic (exact) mass is 476 g/mol. The third-order valence-electron chi connectivity index (χ3n) is 5.72. The van der Waals surface area contributed by atoms with Crippen LogP contribution < -0.4 is 10.4 Å². The van der Waals surface area contributed by atoms with Crippen LogP contribution in [0, 0.1) is 6.92 Å². The zero-order chi connectivity index (χ0) is 24.5. The Morgan fingerprint density at radius 2 is 1.79 bits per heavy atom. The van der Waals surface area contributed by atoms with Crippen molar-refractivity contribution in [1.82, 2.24) is 19.0 Å². The van der Waals surface area contributed by atoms with E-state index in [-0.39, 0.29) is 35.4 Å². The number of benzene rings is 1. The molecule has 4 rings (SSSR count). The van der Waals surface area contributed by atoms with Crippen LogP contribution in [0.3, 0.4) is 0 Å². The van der Waals surface area contributed by atoms with E-state index in [1.807, 2.05) is 0 Å². The summed E-state index contributed by atoms with van der Waals surface area (Å²) in [6.07, 6.45) is -0.327. The number of nitrogens with zero attached hydrogens (tertiary/aromatic N) is 4. The van der Waals surface area contributed by atoms with Gasteiger partial charge in [-0.25, -0.2) is 9.36 Å². The molecule has 11 heteroatoms. The number of hydrogen-bond donors (Lipinski definition) is 1. The second-order valence-electron chi connectivity index (χ2n) is 8.06. The maximum atomic E-state index is 13.1. The Morgan fingerprint density at radius 1 is 1.12 bits per heavy atom. The quantitative estimate of drug-likeness (QED) is 0.608. The molecule has 1 N–H and O–H groups in total. The zero-order valence-corrected chi connectivity index (χ0v) is 18.4. The number of piperidine rings is 1. The highest BCUT2D eigenvalue weighted by molar-refractivity contribution is 5.92. The van der Waals surface area contributed by atoms with Gasteiger partial charge in [-0.15, -0.1) is 13.2 Å². The fraction of sp³-hybridized carbons (Fsp3) is 0.348. The number of carbonyl (C=O) groups is 1. The first-order valence-corrected chi connectivity index (χ1v) is 10.8. The average Bonchev–Trinajstić information content (AvgIpc) is 3.02. The van der Waals surface area contributed by atoms with Crippen molar-refractivity contribution in [3.63, 3.8) is 0 Å². The van der Waals surface area contributed by atoms with Gasteiger partial charge in [0.25, 0.3) is 5.91 Å². The first-order valence-electron chi connectivity index (χ1n) is 10.8. The molecule has 0 aliphatic carbocycles. The molecule has 0 atom stereocenters. The van der Waals surface area contributed by atoms with E-state index < -0.39 is 17.8 Å². The molecule has 1 aliphatic heterocycles. The molecule has 8 nitrogen and oxygen atoms in total. The molecule has 3 aromatic rings. The molecular weight excluding hydrogens is 453 g/mol. The van der Waals surface area contributed by atoms with E-state index in [0.29, 0.717) is 18.7 Å². The average molecular weight is 476 g/mol. The van der Waals surface area contributed by atoms with Crippen molar-refractivity contribution >= 4 is 5.91 Å². The Labute approximate surface area is 192 Å². The van der Waals surface area contributed by atoms with Crippen LogP contribution in [0.25, 0.3) is 5.69 Å². The lowest BCUT2D eigenvalue weighted by molar-refractivity contribution is -0.274. The fourth-order valence-corrected chi connectivity index (χ4v) is 3.98. The summed E-state index contributed by atoms with van der Waals surface area (Å²) >= 11 is 0. The SMILES string of the molecule is Cc1c(O)n(-c2ccc(OC(F)(F)F)cc2)c(=O)n1Cc1ccnc(C(=O)N2CCCCC2)c1. The number of likely N-dealkylation sites (tertiary alicyclic amines) is 1. The minimum Gasteiger partial charge on any atom is -0.493 e. The highest BCUT2D eigenvalue weighted by atomic mass is 19.4. The van der Waals surface area contributed by atoms with Gasteiger partial charge in [0.05, 0.1) is 17.9 Å². The van der Waals surface area contributed by atoms with Crippen molar-refractivity contribution in [2.24, 2.45) is 0 Å². The number of aromatic hydroxyl groups is 1. The Bertz CT molecular complexity index is 1240. The summed E-state index contributed by atoms with van der Waals surface area (Å²) in [5.74, 6) is -0.942. The van der Waals surface area contributed by atoms with E-state index in [4.69, 9.17) is 0 Å². The molecule has 34 heavy (non-hydrogen) atoms. The number of carbonyl (C=O) groups excluding carboxylic acids is 1. The van der Waals surface area contributed by atoms with Crippen LogP contribution in [0.5, 0.6) is 11.6 Å². The molecule has 0 unspecified atom stereocenters. The van der Waals surface area contributed by atoms with Crippen LogP contribution in [0.4, 0.5) is 13.2 Å². The molecule has 1 aliphatic rings. The van der Waals surface area contributed by atoms with E-state index in [1.165, 1.54) is 22.9 Å². The molecule has 0 saturated carbocycles. The summed E-state index contributed by atoms with van der Waals surface area (Å²) in [5, 5.41) is 10.6. The molecule has 0 spiro atoms. The van der Waals surface area contributed by atoms with E-state index in [9.17, 15) is 27.9 Å². The number of rotatable bonds is 5. The van der Waals surface area contributed by atoms with Gasteiger partial charge in [0, 0.05) is 19.3 Å². The molecule has 180 valence electrons. The van der Waals surface area contributed by atoms with Gasteiger partial charge < -0.3 is 14.7 Å². The fourth-order valence-electron chi connectivity index (χ4n) is 3.98. The van der Waals surface area contributed by atoms with Gasteiger partial charge in [0.2, 0.25) is 5.88 Å².